The number of aromatic nitrogens is 1. The highest BCUT2D eigenvalue weighted by Gasteiger charge is 2.02. The van der Waals surface area contributed by atoms with Gasteiger partial charge in [0.1, 0.15) is 12.4 Å². The van der Waals surface area contributed by atoms with Gasteiger partial charge in [0.05, 0.1) is 4.47 Å². The summed E-state index contributed by atoms with van der Waals surface area (Å²) in [5.41, 5.74) is 7.73. The number of hydrogen-bond donors (Lipinski definition) is 1. The molecule has 3 nitrogen and oxygen atoms in total. The number of benzene rings is 1. The second-order valence-corrected chi connectivity index (χ2v) is 4.47. The van der Waals surface area contributed by atoms with Gasteiger partial charge < -0.3 is 10.5 Å². The predicted octanol–water partition coefficient (Wildman–Crippen LogP) is 2.88. The van der Waals surface area contributed by atoms with Crippen LogP contribution in [0.25, 0.3) is 0 Å². The minimum absolute atomic E-state index is 0.531. The van der Waals surface area contributed by atoms with E-state index >= 15 is 0 Å². The summed E-state index contributed by atoms with van der Waals surface area (Å²) >= 11 is 3.47. The van der Waals surface area contributed by atoms with Crippen LogP contribution >= 0.6 is 15.9 Å². The average molecular weight is 293 g/mol. The van der Waals surface area contributed by atoms with Crippen LogP contribution in [0.5, 0.6) is 5.75 Å². The summed E-state index contributed by atoms with van der Waals surface area (Å²) in [7, 11) is 0. The molecule has 0 unspecified atom stereocenters. The summed E-state index contributed by atoms with van der Waals surface area (Å²) < 4.78 is 6.63. The fourth-order valence-corrected chi connectivity index (χ4v) is 1.97. The fraction of sp³-hybridized carbons (Fsp3) is 0.154. The summed E-state index contributed by atoms with van der Waals surface area (Å²) in [6.07, 6.45) is 3.51. The largest absolute Gasteiger partial charge is 0.488 e. The van der Waals surface area contributed by atoms with Crippen molar-refractivity contribution in [2.24, 2.45) is 5.73 Å². The molecule has 0 aliphatic rings. The average Bonchev–Trinajstić information content (AvgIpc) is 2.38. The van der Waals surface area contributed by atoms with Gasteiger partial charge in [0, 0.05) is 18.9 Å². The number of nitrogens with two attached hydrogens (primary N) is 1. The molecule has 0 aliphatic carbocycles. The van der Waals surface area contributed by atoms with E-state index in [1.807, 2.05) is 30.3 Å². The predicted molar refractivity (Wildman–Crippen MR) is 70.6 cm³/mol. The quantitative estimate of drug-likeness (QED) is 0.943. The van der Waals surface area contributed by atoms with Gasteiger partial charge >= 0.3 is 0 Å². The molecule has 0 aliphatic heterocycles. The van der Waals surface area contributed by atoms with Gasteiger partial charge in [-0.2, -0.15) is 0 Å². The molecule has 2 rings (SSSR count). The first-order valence-electron chi connectivity index (χ1n) is 5.30. The van der Waals surface area contributed by atoms with E-state index in [0.717, 1.165) is 21.3 Å². The smallest absolute Gasteiger partial charge is 0.134 e. The molecule has 88 valence electrons. The highest BCUT2D eigenvalue weighted by Crippen LogP contribution is 2.26. The Bertz CT molecular complexity index is 488. The second-order valence-electron chi connectivity index (χ2n) is 3.61. The second kappa shape index (κ2) is 5.80. The molecule has 17 heavy (non-hydrogen) atoms. The highest BCUT2D eigenvalue weighted by atomic mass is 79.9. The molecule has 0 atom stereocenters. The van der Waals surface area contributed by atoms with Crippen LogP contribution in [-0.2, 0) is 13.2 Å². The van der Waals surface area contributed by atoms with Crippen molar-refractivity contribution in [3.8, 4) is 5.75 Å². The van der Waals surface area contributed by atoms with E-state index in [1.54, 1.807) is 12.4 Å². The zero-order valence-electron chi connectivity index (χ0n) is 9.27. The van der Waals surface area contributed by atoms with Crippen molar-refractivity contribution >= 4 is 15.9 Å². The molecular formula is C13H13BrN2O. The van der Waals surface area contributed by atoms with Crippen molar-refractivity contribution < 1.29 is 4.74 Å². The van der Waals surface area contributed by atoms with Gasteiger partial charge in [0.2, 0.25) is 0 Å². The van der Waals surface area contributed by atoms with Gasteiger partial charge in [-0.1, -0.05) is 6.07 Å². The fourth-order valence-electron chi connectivity index (χ4n) is 1.43. The van der Waals surface area contributed by atoms with Gasteiger partial charge in [-0.05, 0) is 51.3 Å². The molecule has 4 heteroatoms. The lowest BCUT2D eigenvalue weighted by Crippen LogP contribution is -1.99. The summed E-state index contributed by atoms with van der Waals surface area (Å²) in [4.78, 5) is 3.96. The molecule has 0 fully saturated rings. The summed E-state index contributed by atoms with van der Waals surface area (Å²) in [6.45, 7) is 1.06. The summed E-state index contributed by atoms with van der Waals surface area (Å²) in [6, 6.07) is 9.73. The van der Waals surface area contributed by atoms with Crippen molar-refractivity contribution in [2.75, 3.05) is 0 Å². The third-order valence-corrected chi connectivity index (χ3v) is 3.00. The maximum absolute atomic E-state index is 5.71. The Morgan fingerprint density at radius 2 is 1.88 bits per heavy atom. The third kappa shape index (κ3) is 3.28. The lowest BCUT2D eigenvalue weighted by molar-refractivity contribution is 0.304. The first-order valence-corrected chi connectivity index (χ1v) is 6.09. The normalized spacial score (nSPS) is 10.2. The number of pyridine rings is 1. The first-order chi connectivity index (χ1) is 8.29. The Morgan fingerprint density at radius 3 is 2.53 bits per heavy atom. The molecule has 0 amide bonds. The number of nitrogens with zero attached hydrogens (tertiary/aromatic N) is 1. The van der Waals surface area contributed by atoms with E-state index < -0.39 is 0 Å². The number of rotatable bonds is 4. The van der Waals surface area contributed by atoms with Crippen LogP contribution in [0, 0.1) is 0 Å². The molecule has 0 saturated heterocycles. The molecule has 0 saturated carbocycles. The third-order valence-electron chi connectivity index (χ3n) is 2.38. The molecule has 1 aromatic carbocycles. The van der Waals surface area contributed by atoms with Crippen molar-refractivity contribution in [2.45, 2.75) is 13.2 Å². The van der Waals surface area contributed by atoms with E-state index in [9.17, 15) is 0 Å². The van der Waals surface area contributed by atoms with Crippen LogP contribution < -0.4 is 10.5 Å². The molecule has 1 aromatic heterocycles. The van der Waals surface area contributed by atoms with Gasteiger partial charge in [0.25, 0.3) is 0 Å². The number of hydrogen-bond acceptors (Lipinski definition) is 3. The monoisotopic (exact) mass is 292 g/mol. The molecule has 0 radical (unpaired) electrons. The number of halogens is 1. The summed E-state index contributed by atoms with van der Waals surface area (Å²) in [5.74, 6) is 0.819. The zero-order chi connectivity index (χ0) is 12.1. The molecular weight excluding hydrogens is 280 g/mol. The minimum atomic E-state index is 0.531. The van der Waals surface area contributed by atoms with Gasteiger partial charge in [-0.3, -0.25) is 4.98 Å². The Balaban J connectivity index is 2.04. The zero-order valence-corrected chi connectivity index (χ0v) is 10.9. The van der Waals surface area contributed by atoms with Gasteiger partial charge in [-0.25, -0.2) is 0 Å². The number of ether oxygens (including phenoxy) is 1. The van der Waals surface area contributed by atoms with Crippen LogP contribution in [-0.4, -0.2) is 4.98 Å². The Labute approximate surface area is 109 Å². The lowest BCUT2D eigenvalue weighted by Gasteiger charge is -2.09. The van der Waals surface area contributed by atoms with Gasteiger partial charge in [-0.15, -0.1) is 0 Å². The van der Waals surface area contributed by atoms with E-state index in [-0.39, 0.29) is 0 Å². The van der Waals surface area contributed by atoms with Crippen LogP contribution in [0.1, 0.15) is 11.1 Å². The molecule has 0 bridgehead atoms. The van der Waals surface area contributed by atoms with Crippen molar-refractivity contribution in [1.82, 2.24) is 4.98 Å². The van der Waals surface area contributed by atoms with Crippen LogP contribution in [0.2, 0.25) is 0 Å². The first kappa shape index (κ1) is 12.1. The maximum Gasteiger partial charge on any atom is 0.134 e. The Kier molecular flexibility index (Phi) is 4.12. The minimum Gasteiger partial charge on any atom is -0.488 e. The molecule has 1 heterocycles. The Hall–Kier alpha value is -1.39. The standard InChI is InChI=1S/C13H13BrN2O/c14-12-7-11(8-15)1-2-13(12)17-9-10-3-5-16-6-4-10/h1-7H,8-9,15H2. The van der Waals surface area contributed by atoms with Gasteiger partial charge in [0.15, 0.2) is 0 Å². The van der Waals surface area contributed by atoms with E-state index in [0.29, 0.717) is 13.2 Å². The van der Waals surface area contributed by atoms with E-state index in [2.05, 4.69) is 20.9 Å². The molecule has 2 N–H and O–H groups in total. The topological polar surface area (TPSA) is 48.1 Å². The maximum atomic E-state index is 5.71. The van der Waals surface area contributed by atoms with Crippen LogP contribution in [0.15, 0.2) is 47.2 Å². The van der Waals surface area contributed by atoms with Crippen molar-refractivity contribution in [3.05, 3.63) is 58.3 Å². The lowest BCUT2D eigenvalue weighted by atomic mass is 10.2. The van der Waals surface area contributed by atoms with E-state index in [1.165, 1.54) is 0 Å². The van der Waals surface area contributed by atoms with Crippen LogP contribution in [0.4, 0.5) is 0 Å². The van der Waals surface area contributed by atoms with Crippen LogP contribution in [0.3, 0.4) is 0 Å². The van der Waals surface area contributed by atoms with Crippen molar-refractivity contribution in [3.63, 3.8) is 0 Å². The van der Waals surface area contributed by atoms with E-state index in [4.69, 9.17) is 10.5 Å². The summed E-state index contributed by atoms with van der Waals surface area (Å²) in [5, 5.41) is 0. The molecule has 2 aromatic rings. The molecule has 0 spiro atoms. The Morgan fingerprint density at radius 1 is 1.12 bits per heavy atom. The SMILES string of the molecule is NCc1ccc(OCc2ccncc2)c(Br)c1. The van der Waals surface area contributed by atoms with Crippen molar-refractivity contribution in [1.29, 1.82) is 0 Å². The highest BCUT2D eigenvalue weighted by molar-refractivity contribution is 9.10.